The van der Waals surface area contributed by atoms with Crippen LogP contribution < -0.4 is 20.3 Å². The summed E-state index contributed by atoms with van der Waals surface area (Å²) < 4.78 is 48.0. The number of allylic oxidation sites excluding steroid dienone is 1. The van der Waals surface area contributed by atoms with Crippen molar-refractivity contribution in [2.45, 2.75) is 106 Å². The summed E-state index contributed by atoms with van der Waals surface area (Å²) in [7, 11) is -3.91. The van der Waals surface area contributed by atoms with Crippen LogP contribution in [0.25, 0.3) is 0 Å². The molecule has 4 fully saturated rings. The molecule has 6 amide bonds. The van der Waals surface area contributed by atoms with Gasteiger partial charge in [0.05, 0.1) is 17.5 Å². The number of urea groups is 1. The van der Waals surface area contributed by atoms with Gasteiger partial charge in [-0.2, -0.15) is 0 Å². The van der Waals surface area contributed by atoms with Crippen molar-refractivity contribution in [2.24, 2.45) is 5.92 Å². The number of likely N-dealkylation sites (tertiary alicyclic amines) is 1. The fourth-order valence-electron chi connectivity index (χ4n) is 7.80. The molecule has 0 bridgehead atoms. The number of hydrogen-bond acceptors (Lipinski definition) is 8. The number of carbonyl (C=O) groups is 5. The zero-order chi connectivity index (χ0) is 35.9. The van der Waals surface area contributed by atoms with E-state index in [4.69, 9.17) is 4.74 Å². The summed E-state index contributed by atoms with van der Waals surface area (Å²) in [6.45, 7) is 1.21. The maximum absolute atomic E-state index is 14.4. The minimum Gasteiger partial charge on any atom is -0.444 e. The molecule has 0 spiro atoms. The first-order chi connectivity index (χ1) is 24.5. The standard InChI is InChI=1S/C35H45FN6O8S/c36-26-10-8-12-28-25(26)15-18-41(28)34(47)50-23-19-29-30(43)38-35(32(45)39-51(48,49)24-13-14-24)20-22(35)9-4-2-1-3-5-11-27(31(44)42(29)21-23)37-33(46)40-16-6-7-17-40/h4,8-10,12,22-24,27,29H,1-3,5-7,11,13-21H2,(H,37,46)(H,38,43)(H,39,45)/b9-4-/t22-,23+,27-,29-,35+/m0/s1. The number of ether oxygens (including phenoxy) is 1. The normalized spacial score (nSPS) is 30.3. The van der Waals surface area contributed by atoms with E-state index in [0.717, 1.165) is 25.7 Å². The Balaban J connectivity index is 1.15. The van der Waals surface area contributed by atoms with Crippen molar-refractivity contribution in [3.05, 3.63) is 41.7 Å². The van der Waals surface area contributed by atoms with Crippen LogP contribution in [0.4, 0.5) is 19.7 Å². The number of nitrogens with one attached hydrogen (secondary N) is 3. The Kier molecular flexibility index (Phi) is 9.71. The van der Waals surface area contributed by atoms with Crippen LogP contribution in [-0.2, 0) is 35.6 Å². The second kappa shape index (κ2) is 14.1. The fraction of sp³-hybridized carbons (Fsp3) is 0.629. The number of fused-ring (bicyclic) bond motifs is 3. The third kappa shape index (κ3) is 7.28. The van der Waals surface area contributed by atoms with Gasteiger partial charge in [0.1, 0.15) is 29.5 Å². The van der Waals surface area contributed by atoms with Crippen LogP contribution in [0.3, 0.4) is 0 Å². The van der Waals surface area contributed by atoms with Gasteiger partial charge in [-0.25, -0.2) is 22.4 Å². The summed E-state index contributed by atoms with van der Waals surface area (Å²) in [5, 5.41) is 5.07. The summed E-state index contributed by atoms with van der Waals surface area (Å²) in [6.07, 6.45) is 8.35. The Morgan fingerprint density at radius 1 is 1.00 bits per heavy atom. The number of carbonyl (C=O) groups excluding carboxylic acids is 5. The molecule has 6 aliphatic rings. The molecule has 7 rings (SSSR count). The molecule has 276 valence electrons. The highest BCUT2D eigenvalue weighted by atomic mass is 32.2. The highest BCUT2D eigenvalue weighted by Gasteiger charge is 2.62. The molecule has 0 radical (unpaired) electrons. The van der Waals surface area contributed by atoms with E-state index in [1.165, 1.54) is 21.9 Å². The predicted octanol–water partition coefficient (Wildman–Crippen LogP) is 2.47. The summed E-state index contributed by atoms with van der Waals surface area (Å²) >= 11 is 0. The number of sulfonamides is 1. The number of benzene rings is 1. The average Bonchev–Trinajstić information content (AvgIpc) is 3.85. The smallest absolute Gasteiger partial charge is 0.414 e. The lowest BCUT2D eigenvalue weighted by molar-refractivity contribution is -0.141. The third-order valence-electron chi connectivity index (χ3n) is 11.0. The van der Waals surface area contributed by atoms with Gasteiger partial charge in [-0.1, -0.05) is 31.1 Å². The monoisotopic (exact) mass is 728 g/mol. The summed E-state index contributed by atoms with van der Waals surface area (Å²) in [4.78, 5) is 73.1. The molecule has 1 aromatic carbocycles. The first-order valence-electron chi connectivity index (χ1n) is 18.1. The van der Waals surface area contributed by atoms with Crippen LogP contribution in [0.2, 0.25) is 0 Å². The minimum atomic E-state index is -3.91. The predicted molar refractivity (Wildman–Crippen MR) is 182 cm³/mol. The molecule has 4 heterocycles. The molecular weight excluding hydrogens is 683 g/mol. The fourth-order valence-corrected chi connectivity index (χ4v) is 9.16. The van der Waals surface area contributed by atoms with Crippen molar-refractivity contribution in [3.8, 4) is 0 Å². The van der Waals surface area contributed by atoms with Gasteiger partial charge in [-0.05, 0) is 69.9 Å². The van der Waals surface area contributed by atoms with Gasteiger partial charge in [-0.3, -0.25) is 24.0 Å². The van der Waals surface area contributed by atoms with Crippen LogP contribution in [0, 0.1) is 11.7 Å². The summed E-state index contributed by atoms with van der Waals surface area (Å²) in [5.74, 6) is -2.90. The molecule has 51 heavy (non-hydrogen) atoms. The molecule has 14 nitrogen and oxygen atoms in total. The number of amides is 6. The van der Waals surface area contributed by atoms with E-state index in [9.17, 15) is 36.8 Å². The molecule has 2 saturated heterocycles. The Labute approximate surface area is 296 Å². The molecule has 0 unspecified atom stereocenters. The van der Waals surface area contributed by atoms with Crippen molar-refractivity contribution in [2.75, 3.05) is 31.1 Å². The zero-order valence-electron chi connectivity index (χ0n) is 28.5. The molecule has 3 N–H and O–H groups in total. The molecule has 2 aliphatic carbocycles. The zero-order valence-corrected chi connectivity index (χ0v) is 29.3. The second-order valence-electron chi connectivity index (χ2n) is 14.6. The van der Waals surface area contributed by atoms with Crippen LogP contribution in [0.1, 0.15) is 76.2 Å². The lowest BCUT2D eigenvalue weighted by Crippen LogP contribution is -2.58. The lowest BCUT2D eigenvalue weighted by Gasteiger charge is -2.30. The lowest BCUT2D eigenvalue weighted by atomic mass is 10.0. The van der Waals surface area contributed by atoms with Crippen LogP contribution in [-0.4, -0.2) is 103 Å². The van der Waals surface area contributed by atoms with Crippen molar-refractivity contribution >= 4 is 45.6 Å². The van der Waals surface area contributed by atoms with Crippen molar-refractivity contribution in [1.29, 1.82) is 0 Å². The van der Waals surface area contributed by atoms with Crippen LogP contribution >= 0.6 is 0 Å². The number of halogens is 1. The largest absolute Gasteiger partial charge is 0.444 e. The average molecular weight is 729 g/mol. The third-order valence-corrected chi connectivity index (χ3v) is 12.8. The molecule has 5 atom stereocenters. The highest BCUT2D eigenvalue weighted by molar-refractivity contribution is 7.91. The first-order valence-corrected chi connectivity index (χ1v) is 19.7. The molecular formula is C35H45FN6O8S. The topological polar surface area (TPSA) is 175 Å². The Morgan fingerprint density at radius 3 is 2.55 bits per heavy atom. The van der Waals surface area contributed by atoms with Gasteiger partial charge in [0.15, 0.2) is 0 Å². The van der Waals surface area contributed by atoms with Crippen LogP contribution in [0.5, 0.6) is 0 Å². The quantitative estimate of drug-likeness (QED) is 0.388. The van der Waals surface area contributed by atoms with E-state index in [0.29, 0.717) is 62.9 Å². The van der Waals surface area contributed by atoms with E-state index < -0.39 is 74.5 Å². The Bertz CT molecular complexity index is 1730. The summed E-state index contributed by atoms with van der Waals surface area (Å²) in [6, 6.07) is 1.96. The first kappa shape index (κ1) is 35.2. The van der Waals surface area contributed by atoms with E-state index in [2.05, 4.69) is 15.4 Å². The van der Waals surface area contributed by atoms with Gasteiger partial charge in [0, 0.05) is 37.5 Å². The number of rotatable bonds is 5. The highest BCUT2D eigenvalue weighted by Crippen LogP contribution is 2.46. The van der Waals surface area contributed by atoms with Gasteiger partial charge in [0.2, 0.25) is 21.8 Å². The van der Waals surface area contributed by atoms with Crippen molar-refractivity contribution < 1.29 is 41.5 Å². The second-order valence-corrected chi connectivity index (χ2v) is 16.6. The number of hydrogen-bond donors (Lipinski definition) is 3. The number of nitrogens with zero attached hydrogens (tertiary/aromatic N) is 3. The van der Waals surface area contributed by atoms with Crippen molar-refractivity contribution in [1.82, 2.24) is 25.2 Å². The molecule has 0 aromatic heterocycles. The Hall–Kier alpha value is -4.21. The van der Waals surface area contributed by atoms with Gasteiger partial charge in [0.25, 0.3) is 5.91 Å². The Morgan fingerprint density at radius 2 is 1.78 bits per heavy atom. The van der Waals surface area contributed by atoms with E-state index in [1.54, 1.807) is 11.0 Å². The molecule has 2 saturated carbocycles. The molecule has 16 heteroatoms. The van der Waals surface area contributed by atoms with Gasteiger partial charge < -0.3 is 25.2 Å². The molecule has 1 aromatic rings. The van der Waals surface area contributed by atoms with E-state index >= 15 is 0 Å². The van der Waals surface area contributed by atoms with Gasteiger partial charge >= 0.3 is 12.1 Å². The van der Waals surface area contributed by atoms with E-state index in [1.807, 2.05) is 12.2 Å². The minimum absolute atomic E-state index is 0.0987. The SMILES string of the molecule is O=C1N[C@]2(C(=O)NS(=O)(=O)C3CC3)C[C@@H]2/C=C\CCCCC[C@H](NC(=O)N2CCCC2)C(=O)N2C[C@H](OC(=O)N3CCc4c(F)cccc43)C[C@@H]12. The van der Waals surface area contributed by atoms with Crippen molar-refractivity contribution in [3.63, 3.8) is 0 Å². The maximum atomic E-state index is 14.4. The molecule has 4 aliphatic heterocycles. The van der Waals surface area contributed by atoms with Gasteiger partial charge in [-0.15, -0.1) is 0 Å². The summed E-state index contributed by atoms with van der Waals surface area (Å²) in [5.41, 5.74) is -0.736. The van der Waals surface area contributed by atoms with Crippen LogP contribution in [0.15, 0.2) is 30.4 Å². The maximum Gasteiger partial charge on any atom is 0.414 e. The van der Waals surface area contributed by atoms with E-state index in [-0.39, 0.29) is 32.0 Å². The number of anilines is 1.